The number of nitrogens with zero attached hydrogens (tertiary/aromatic N) is 5. The molecule has 6 heteroatoms. The van der Waals surface area contributed by atoms with Crippen LogP contribution in [0.2, 0.25) is 0 Å². The molecule has 0 unspecified atom stereocenters. The van der Waals surface area contributed by atoms with Crippen molar-refractivity contribution in [1.29, 1.82) is 0 Å². The standard InChI is InChI=1S/C13H16IN5/c1-3-18(4-2)10-9-13-15-16-17-19(13)12-7-5-11(14)6-8-12/h5-10H,3-4H2,1-2H3/b10-9+. The highest BCUT2D eigenvalue weighted by molar-refractivity contribution is 14.1. The van der Waals surface area contributed by atoms with Gasteiger partial charge in [0.1, 0.15) is 0 Å². The molecule has 0 bridgehead atoms. The first kappa shape index (κ1) is 14.0. The lowest BCUT2D eigenvalue weighted by Gasteiger charge is -2.14. The maximum absolute atomic E-state index is 4.04. The lowest BCUT2D eigenvalue weighted by Crippen LogP contribution is -2.15. The Balaban J connectivity index is 2.25. The molecular weight excluding hydrogens is 353 g/mol. The van der Waals surface area contributed by atoms with Gasteiger partial charge >= 0.3 is 0 Å². The van der Waals surface area contributed by atoms with Gasteiger partial charge in [-0.05, 0) is 71.1 Å². The fraction of sp³-hybridized carbons (Fsp3) is 0.308. The number of hydrogen-bond donors (Lipinski definition) is 0. The van der Waals surface area contributed by atoms with Crippen LogP contribution in [0.4, 0.5) is 0 Å². The van der Waals surface area contributed by atoms with Crippen LogP contribution in [0.15, 0.2) is 30.5 Å². The van der Waals surface area contributed by atoms with Crippen LogP contribution >= 0.6 is 22.6 Å². The zero-order chi connectivity index (χ0) is 13.7. The molecule has 0 atom stereocenters. The Labute approximate surface area is 126 Å². The summed E-state index contributed by atoms with van der Waals surface area (Å²) in [4.78, 5) is 2.19. The van der Waals surface area contributed by atoms with Crippen molar-refractivity contribution in [1.82, 2.24) is 25.1 Å². The molecule has 0 spiro atoms. The average Bonchev–Trinajstić information content (AvgIpc) is 2.89. The SMILES string of the molecule is CCN(/C=C/c1nnnn1-c1ccc(I)cc1)CC. The Morgan fingerprint density at radius 3 is 2.53 bits per heavy atom. The third-order valence-electron chi connectivity index (χ3n) is 2.81. The quantitative estimate of drug-likeness (QED) is 0.761. The highest BCUT2D eigenvalue weighted by Crippen LogP contribution is 2.12. The van der Waals surface area contributed by atoms with Crippen LogP contribution in [0.1, 0.15) is 19.7 Å². The minimum atomic E-state index is 0.730. The summed E-state index contributed by atoms with van der Waals surface area (Å²) in [7, 11) is 0. The van der Waals surface area contributed by atoms with Gasteiger partial charge in [0.2, 0.25) is 0 Å². The van der Waals surface area contributed by atoms with Gasteiger partial charge in [-0.15, -0.1) is 5.10 Å². The molecule has 0 amide bonds. The molecule has 1 aromatic carbocycles. The summed E-state index contributed by atoms with van der Waals surface area (Å²) in [5, 5.41) is 11.8. The molecule has 0 N–H and O–H groups in total. The largest absolute Gasteiger partial charge is 0.378 e. The molecule has 0 saturated carbocycles. The number of tetrazole rings is 1. The van der Waals surface area contributed by atoms with Crippen molar-refractivity contribution in [3.8, 4) is 5.69 Å². The summed E-state index contributed by atoms with van der Waals surface area (Å²) < 4.78 is 2.92. The van der Waals surface area contributed by atoms with E-state index in [1.165, 1.54) is 3.57 Å². The summed E-state index contributed by atoms with van der Waals surface area (Å²) in [6.07, 6.45) is 3.96. The van der Waals surface area contributed by atoms with Crippen LogP contribution in [0.25, 0.3) is 11.8 Å². The monoisotopic (exact) mass is 369 g/mol. The summed E-state index contributed by atoms with van der Waals surface area (Å²) in [6.45, 7) is 6.18. The van der Waals surface area contributed by atoms with Crippen LogP contribution in [-0.4, -0.2) is 38.2 Å². The molecule has 0 aliphatic rings. The van der Waals surface area contributed by atoms with Crippen LogP contribution in [0.5, 0.6) is 0 Å². The molecule has 1 heterocycles. The second-order valence-corrected chi connectivity index (χ2v) is 5.21. The van der Waals surface area contributed by atoms with E-state index >= 15 is 0 Å². The predicted octanol–water partition coefficient (Wildman–Crippen LogP) is 2.58. The van der Waals surface area contributed by atoms with Crippen LogP contribution in [0, 0.1) is 3.57 Å². The predicted molar refractivity (Wildman–Crippen MR) is 83.8 cm³/mol. The molecule has 100 valence electrons. The third kappa shape index (κ3) is 3.52. The van der Waals surface area contributed by atoms with Crippen molar-refractivity contribution >= 4 is 28.7 Å². The number of halogens is 1. The maximum Gasteiger partial charge on any atom is 0.181 e. The Morgan fingerprint density at radius 1 is 1.21 bits per heavy atom. The molecular formula is C13H16IN5. The van der Waals surface area contributed by atoms with Crippen molar-refractivity contribution in [2.75, 3.05) is 13.1 Å². The van der Waals surface area contributed by atoms with E-state index in [1.807, 2.05) is 36.5 Å². The Morgan fingerprint density at radius 2 is 1.89 bits per heavy atom. The van der Waals surface area contributed by atoms with Gasteiger partial charge in [0.15, 0.2) is 5.82 Å². The second kappa shape index (κ2) is 6.65. The van der Waals surface area contributed by atoms with Crippen LogP contribution < -0.4 is 0 Å². The van der Waals surface area contributed by atoms with Crippen LogP contribution in [0.3, 0.4) is 0 Å². The van der Waals surface area contributed by atoms with E-state index in [9.17, 15) is 0 Å². The van der Waals surface area contributed by atoms with Gasteiger partial charge in [-0.3, -0.25) is 0 Å². The zero-order valence-electron chi connectivity index (χ0n) is 11.0. The molecule has 2 aromatic rings. The average molecular weight is 369 g/mol. The van der Waals surface area contributed by atoms with Gasteiger partial charge in [-0.2, -0.15) is 4.68 Å². The third-order valence-corrected chi connectivity index (χ3v) is 3.53. The van der Waals surface area contributed by atoms with E-state index < -0.39 is 0 Å². The number of rotatable bonds is 5. The molecule has 0 aliphatic carbocycles. The first-order chi connectivity index (χ1) is 9.24. The van der Waals surface area contributed by atoms with E-state index in [1.54, 1.807) is 4.68 Å². The van der Waals surface area contributed by atoms with E-state index in [2.05, 4.69) is 56.9 Å². The Kier molecular flexibility index (Phi) is 4.89. The lowest BCUT2D eigenvalue weighted by molar-refractivity contribution is 0.421. The molecule has 2 rings (SSSR count). The van der Waals surface area contributed by atoms with E-state index in [0.717, 1.165) is 24.6 Å². The highest BCUT2D eigenvalue weighted by Gasteiger charge is 2.05. The summed E-state index contributed by atoms with van der Waals surface area (Å²) in [5.74, 6) is 0.730. The molecule has 1 aromatic heterocycles. The summed E-state index contributed by atoms with van der Waals surface area (Å²) in [6, 6.07) is 8.09. The first-order valence-electron chi connectivity index (χ1n) is 6.21. The van der Waals surface area contributed by atoms with Gasteiger partial charge in [0.05, 0.1) is 5.69 Å². The van der Waals surface area contributed by atoms with Gasteiger partial charge in [0, 0.05) is 28.9 Å². The Hall–Kier alpha value is -1.44. The highest BCUT2D eigenvalue weighted by atomic mass is 127. The number of hydrogen-bond acceptors (Lipinski definition) is 4. The van der Waals surface area contributed by atoms with E-state index in [4.69, 9.17) is 0 Å². The number of aromatic nitrogens is 4. The van der Waals surface area contributed by atoms with Gasteiger partial charge in [-0.1, -0.05) is 0 Å². The molecule has 0 radical (unpaired) electrons. The molecule has 5 nitrogen and oxygen atoms in total. The van der Waals surface area contributed by atoms with Gasteiger partial charge in [0.25, 0.3) is 0 Å². The van der Waals surface area contributed by atoms with Crippen LogP contribution in [-0.2, 0) is 0 Å². The summed E-state index contributed by atoms with van der Waals surface area (Å²) >= 11 is 2.28. The first-order valence-corrected chi connectivity index (χ1v) is 7.29. The van der Waals surface area contributed by atoms with E-state index in [0.29, 0.717) is 0 Å². The fourth-order valence-corrected chi connectivity index (χ4v) is 2.03. The summed E-state index contributed by atoms with van der Waals surface area (Å²) in [5.41, 5.74) is 0.963. The minimum Gasteiger partial charge on any atom is -0.378 e. The van der Waals surface area contributed by atoms with Crippen molar-refractivity contribution in [3.05, 3.63) is 39.9 Å². The zero-order valence-corrected chi connectivity index (χ0v) is 13.1. The molecule has 0 aliphatic heterocycles. The second-order valence-electron chi connectivity index (χ2n) is 3.96. The Bertz CT molecular complexity index is 542. The molecule has 19 heavy (non-hydrogen) atoms. The maximum atomic E-state index is 4.04. The smallest absolute Gasteiger partial charge is 0.181 e. The van der Waals surface area contributed by atoms with Crippen molar-refractivity contribution in [2.45, 2.75) is 13.8 Å². The molecule has 0 fully saturated rings. The van der Waals surface area contributed by atoms with Crippen molar-refractivity contribution in [3.63, 3.8) is 0 Å². The lowest BCUT2D eigenvalue weighted by atomic mass is 10.3. The molecule has 0 saturated heterocycles. The van der Waals surface area contributed by atoms with Crippen molar-refractivity contribution < 1.29 is 0 Å². The fourth-order valence-electron chi connectivity index (χ4n) is 1.67. The van der Waals surface area contributed by atoms with Gasteiger partial charge < -0.3 is 4.90 Å². The normalized spacial score (nSPS) is 11.1. The topological polar surface area (TPSA) is 46.8 Å². The van der Waals surface area contributed by atoms with E-state index in [-0.39, 0.29) is 0 Å². The number of benzene rings is 1. The van der Waals surface area contributed by atoms with Gasteiger partial charge in [-0.25, -0.2) is 0 Å². The van der Waals surface area contributed by atoms with Crippen molar-refractivity contribution in [2.24, 2.45) is 0 Å². The minimum absolute atomic E-state index is 0.730.